The van der Waals surface area contributed by atoms with Crippen LogP contribution in [-0.4, -0.2) is 9.55 Å². The van der Waals surface area contributed by atoms with Crippen LogP contribution in [0.1, 0.15) is 5.56 Å². The molecule has 1 aromatic carbocycles. The molecule has 0 unspecified atom stereocenters. The van der Waals surface area contributed by atoms with Crippen molar-refractivity contribution >= 4 is 22.5 Å². The van der Waals surface area contributed by atoms with Gasteiger partial charge in [0.2, 0.25) is 0 Å². The van der Waals surface area contributed by atoms with E-state index in [-0.39, 0.29) is 0 Å². The van der Waals surface area contributed by atoms with Gasteiger partial charge < -0.3 is 4.57 Å². The lowest BCUT2D eigenvalue weighted by molar-refractivity contribution is 0.484. The zero-order valence-corrected chi connectivity index (χ0v) is 11.2. The maximum absolute atomic E-state index is 12.7. The van der Waals surface area contributed by atoms with Gasteiger partial charge in [-0.3, -0.25) is 4.98 Å². The molecule has 3 rings (SSSR count). The van der Waals surface area contributed by atoms with Crippen LogP contribution in [0.15, 0.2) is 42.7 Å². The standard InChI is InChI=1S/C15H12ClFN2/c1-19-14(12-4-10(7-17)8-18-9-12)5-11-2-3-13(16)6-15(11)19/h2-6,8-9H,7H2,1H3. The van der Waals surface area contributed by atoms with E-state index in [1.165, 1.54) is 0 Å². The normalized spacial score (nSPS) is 11.1. The first-order valence-electron chi connectivity index (χ1n) is 5.94. The molecule has 0 aliphatic rings. The van der Waals surface area contributed by atoms with E-state index >= 15 is 0 Å². The van der Waals surface area contributed by atoms with Gasteiger partial charge in [0, 0.05) is 46.5 Å². The van der Waals surface area contributed by atoms with Crippen molar-refractivity contribution in [1.82, 2.24) is 9.55 Å². The zero-order chi connectivity index (χ0) is 13.4. The van der Waals surface area contributed by atoms with Crippen LogP contribution in [0.5, 0.6) is 0 Å². The summed E-state index contributed by atoms with van der Waals surface area (Å²) in [5, 5.41) is 1.81. The lowest BCUT2D eigenvalue weighted by Gasteiger charge is -2.05. The molecule has 96 valence electrons. The molecule has 0 amide bonds. The largest absolute Gasteiger partial charge is 0.344 e. The molecule has 0 aliphatic carbocycles. The molecule has 0 radical (unpaired) electrons. The molecule has 4 heteroatoms. The Hall–Kier alpha value is -1.87. The molecule has 0 atom stereocenters. The molecule has 2 aromatic heterocycles. The highest BCUT2D eigenvalue weighted by molar-refractivity contribution is 6.31. The number of aryl methyl sites for hydroxylation is 1. The minimum absolute atomic E-state index is 0.503. The Labute approximate surface area is 115 Å². The highest BCUT2D eigenvalue weighted by Crippen LogP contribution is 2.29. The van der Waals surface area contributed by atoms with E-state index in [1.807, 2.05) is 35.9 Å². The Bertz CT molecular complexity index is 749. The summed E-state index contributed by atoms with van der Waals surface area (Å²) >= 11 is 6.02. The van der Waals surface area contributed by atoms with Crippen molar-refractivity contribution in [2.75, 3.05) is 0 Å². The van der Waals surface area contributed by atoms with Gasteiger partial charge in [-0.25, -0.2) is 4.39 Å². The van der Waals surface area contributed by atoms with Crippen LogP contribution in [0.2, 0.25) is 5.02 Å². The maximum atomic E-state index is 12.7. The summed E-state index contributed by atoms with van der Waals surface area (Å²) in [6.45, 7) is -0.503. The molecule has 19 heavy (non-hydrogen) atoms. The first-order chi connectivity index (χ1) is 9.19. The molecule has 0 N–H and O–H groups in total. The fourth-order valence-electron chi connectivity index (χ4n) is 2.28. The molecular weight excluding hydrogens is 263 g/mol. The van der Waals surface area contributed by atoms with Crippen molar-refractivity contribution in [2.24, 2.45) is 7.05 Å². The van der Waals surface area contributed by atoms with Crippen molar-refractivity contribution < 1.29 is 4.39 Å². The summed E-state index contributed by atoms with van der Waals surface area (Å²) in [5.41, 5.74) is 3.54. The van der Waals surface area contributed by atoms with Gasteiger partial charge >= 0.3 is 0 Å². The molecule has 0 bridgehead atoms. The summed E-state index contributed by atoms with van der Waals surface area (Å²) < 4.78 is 14.8. The van der Waals surface area contributed by atoms with Crippen LogP contribution in [0.3, 0.4) is 0 Å². The second-order valence-electron chi connectivity index (χ2n) is 4.51. The number of fused-ring (bicyclic) bond motifs is 1. The third kappa shape index (κ3) is 2.10. The SMILES string of the molecule is Cn1c(-c2cncc(CF)c2)cc2ccc(Cl)cc21. The quantitative estimate of drug-likeness (QED) is 0.679. The Morgan fingerprint density at radius 1 is 1.21 bits per heavy atom. The van der Waals surface area contributed by atoms with Crippen LogP contribution in [-0.2, 0) is 13.7 Å². The molecule has 0 fully saturated rings. The number of nitrogens with zero attached hydrogens (tertiary/aromatic N) is 2. The number of halogens is 2. The van der Waals surface area contributed by atoms with Gasteiger partial charge in [-0.2, -0.15) is 0 Å². The van der Waals surface area contributed by atoms with E-state index in [0.29, 0.717) is 10.6 Å². The van der Waals surface area contributed by atoms with Gasteiger partial charge in [0.25, 0.3) is 0 Å². The Kier molecular flexibility index (Phi) is 2.99. The van der Waals surface area contributed by atoms with E-state index in [4.69, 9.17) is 11.6 Å². The Morgan fingerprint density at radius 3 is 2.84 bits per heavy atom. The minimum atomic E-state index is -0.503. The molecule has 0 aliphatic heterocycles. The smallest absolute Gasteiger partial charge is 0.116 e. The predicted molar refractivity (Wildman–Crippen MR) is 76.0 cm³/mol. The highest BCUT2D eigenvalue weighted by atomic mass is 35.5. The van der Waals surface area contributed by atoms with Crippen molar-refractivity contribution in [3.8, 4) is 11.3 Å². The van der Waals surface area contributed by atoms with Gasteiger partial charge in [-0.15, -0.1) is 0 Å². The first-order valence-corrected chi connectivity index (χ1v) is 6.32. The monoisotopic (exact) mass is 274 g/mol. The molecule has 0 spiro atoms. The third-order valence-electron chi connectivity index (χ3n) is 3.25. The van der Waals surface area contributed by atoms with Gasteiger partial charge in [0.05, 0.1) is 5.69 Å². The van der Waals surface area contributed by atoms with Crippen molar-refractivity contribution in [2.45, 2.75) is 6.67 Å². The first kappa shape index (κ1) is 12.2. The average Bonchev–Trinajstić information content (AvgIpc) is 2.76. The second-order valence-corrected chi connectivity index (χ2v) is 4.94. The number of aromatic nitrogens is 2. The van der Waals surface area contributed by atoms with E-state index in [0.717, 1.165) is 22.2 Å². The zero-order valence-electron chi connectivity index (χ0n) is 10.4. The molecule has 2 nitrogen and oxygen atoms in total. The lowest BCUT2D eigenvalue weighted by atomic mass is 10.1. The maximum Gasteiger partial charge on any atom is 0.116 e. The molecule has 3 aromatic rings. The van der Waals surface area contributed by atoms with Gasteiger partial charge in [-0.05, 0) is 24.3 Å². The number of hydrogen-bond acceptors (Lipinski definition) is 1. The molecule has 0 saturated carbocycles. The van der Waals surface area contributed by atoms with E-state index in [1.54, 1.807) is 12.4 Å². The van der Waals surface area contributed by atoms with Gasteiger partial charge in [0.1, 0.15) is 6.67 Å². The van der Waals surface area contributed by atoms with E-state index in [9.17, 15) is 4.39 Å². The Balaban J connectivity index is 2.21. The van der Waals surface area contributed by atoms with E-state index in [2.05, 4.69) is 11.1 Å². The summed E-state index contributed by atoms with van der Waals surface area (Å²) in [6.07, 6.45) is 3.29. The minimum Gasteiger partial charge on any atom is -0.344 e. The molecule has 0 saturated heterocycles. The van der Waals surface area contributed by atoms with Crippen LogP contribution < -0.4 is 0 Å². The molecular formula is C15H12ClFN2. The van der Waals surface area contributed by atoms with Crippen LogP contribution in [0, 0.1) is 0 Å². The lowest BCUT2D eigenvalue weighted by Crippen LogP contribution is -1.93. The summed E-state index contributed by atoms with van der Waals surface area (Å²) in [5.74, 6) is 0. The topological polar surface area (TPSA) is 17.8 Å². The van der Waals surface area contributed by atoms with Crippen molar-refractivity contribution in [3.05, 3.63) is 53.3 Å². The fourth-order valence-corrected chi connectivity index (χ4v) is 2.45. The third-order valence-corrected chi connectivity index (χ3v) is 3.49. The second kappa shape index (κ2) is 4.67. The van der Waals surface area contributed by atoms with E-state index < -0.39 is 6.67 Å². The summed E-state index contributed by atoms with van der Waals surface area (Å²) in [6, 6.07) is 9.65. The van der Waals surface area contributed by atoms with Gasteiger partial charge in [-0.1, -0.05) is 17.7 Å². The van der Waals surface area contributed by atoms with Crippen molar-refractivity contribution in [1.29, 1.82) is 0 Å². The van der Waals surface area contributed by atoms with Crippen molar-refractivity contribution in [3.63, 3.8) is 0 Å². The average molecular weight is 275 g/mol. The summed E-state index contributed by atoms with van der Waals surface area (Å²) in [4.78, 5) is 4.08. The number of hydrogen-bond donors (Lipinski definition) is 0. The number of pyridine rings is 1. The van der Waals surface area contributed by atoms with Crippen LogP contribution in [0.4, 0.5) is 4.39 Å². The number of alkyl halides is 1. The van der Waals surface area contributed by atoms with Crippen LogP contribution in [0.25, 0.3) is 22.2 Å². The number of benzene rings is 1. The fraction of sp³-hybridized carbons (Fsp3) is 0.133. The number of rotatable bonds is 2. The Morgan fingerprint density at radius 2 is 2.05 bits per heavy atom. The highest BCUT2D eigenvalue weighted by Gasteiger charge is 2.09. The summed E-state index contributed by atoms with van der Waals surface area (Å²) in [7, 11) is 1.97. The molecule has 2 heterocycles. The van der Waals surface area contributed by atoms with Gasteiger partial charge in [0.15, 0.2) is 0 Å². The predicted octanol–water partition coefficient (Wildman–Crippen LogP) is 4.36. The van der Waals surface area contributed by atoms with Crippen LogP contribution >= 0.6 is 11.6 Å².